The smallest absolute Gasteiger partial charge is 0.222 e. The average molecular weight is 194 g/mol. The van der Waals surface area contributed by atoms with E-state index in [1.807, 2.05) is 0 Å². The molecule has 0 aliphatic heterocycles. The summed E-state index contributed by atoms with van der Waals surface area (Å²) in [6.07, 6.45) is 5.32. The van der Waals surface area contributed by atoms with Crippen molar-refractivity contribution in [3.8, 4) is 0 Å². The van der Waals surface area contributed by atoms with E-state index in [0.717, 1.165) is 12.8 Å². The number of nitrogens with one attached hydrogen (secondary N) is 1. The molecule has 0 aromatic carbocycles. The number of anilines is 1. The molecule has 0 amide bonds. The van der Waals surface area contributed by atoms with Crippen LogP contribution in [0.4, 0.5) is 5.95 Å². The highest BCUT2D eigenvalue weighted by atomic mass is 15.1. The number of hydrogen-bond acceptors (Lipinski definition) is 4. The molecule has 4 heteroatoms. The maximum absolute atomic E-state index is 6.13. The van der Waals surface area contributed by atoms with Gasteiger partial charge < -0.3 is 11.1 Å². The molecule has 1 aromatic heterocycles. The summed E-state index contributed by atoms with van der Waals surface area (Å²) in [7, 11) is 0. The van der Waals surface area contributed by atoms with Crippen LogP contribution in [0, 0.1) is 0 Å². The van der Waals surface area contributed by atoms with Gasteiger partial charge in [0, 0.05) is 24.5 Å². The number of nitrogens with zero attached hydrogens (tertiary/aromatic N) is 2. The van der Waals surface area contributed by atoms with Crippen LogP contribution in [0.15, 0.2) is 18.5 Å². The first-order valence-corrected chi connectivity index (χ1v) is 5.00. The third kappa shape index (κ3) is 2.96. The first kappa shape index (κ1) is 10.9. The van der Waals surface area contributed by atoms with E-state index in [1.54, 1.807) is 18.5 Å². The Hall–Kier alpha value is -1.16. The lowest BCUT2D eigenvalue weighted by atomic mass is 9.94. The molecule has 78 valence electrons. The number of nitrogens with two attached hydrogens (primary N) is 1. The first-order chi connectivity index (χ1) is 6.70. The van der Waals surface area contributed by atoms with Gasteiger partial charge in [-0.25, -0.2) is 9.97 Å². The Morgan fingerprint density at radius 1 is 1.29 bits per heavy atom. The lowest BCUT2D eigenvalue weighted by Crippen LogP contribution is -2.45. The molecule has 0 saturated carbocycles. The van der Waals surface area contributed by atoms with E-state index in [4.69, 9.17) is 5.73 Å². The van der Waals surface area contributed by atoms with Crippen LogP contribution in [-0.4, -0.2) is 22.1 Å². The molecule has 0 aliphatic rings. The van der Waals surface area contributed by atoms with E-state index in [2.05, 4.69) is 29.1 Å². The van der Waals surface area contributed by atoms with Gasteiger partial charge in [-0.1, -0.05) is 13.8 Å². The minimum atomic E-state index is -0.154. The monoisotopic (exact) mass is 194 g/mol. The fourth-order valence-corrected chi connectivity index (χ4v) is 1.15. The highest BCUT2D eigenvalue weighted by Crippen LogP contribution is 2.11. The van der Waals surface area contributed by atoms with Crippen LogP contribution in [-0.2, 0) is 0 Å². The summed E-state index contributed by atoms with van der Waals surface area (Å²) in [4.78, 5) is 8.15. The van der Waals surface area contributed by atoms with Gasteiger partial charge in [-0.15, -0.1) is 0 Å². The zero-order chi connectivity index (χ0) is 10.4. The number of rotatable bonds is 5. The van der Waals surface area contributed by atoms with Crippen molar-refractivity contribution in [2.75, 3.05) is 11.9 Å². The molecule has 1 aromatic rings. The first-order valence-electron chi connectivity index (χ1n) is 5.00. The number of hydrogen-bond donors (Lipinski definition) is 2. The predicted molar refractivity (Wildman–Crippen MR) is 58.0 cm³/mol. The van der Waals surface area contributed by atoms with Crippen molar-refractivity contribution in [2.45, 2.75) is 32.2 Å². The van der Waals surface area contributed by atoms with Crippen LogP contribution in [0.25, 0.3) is 0 Å². The molecule has 0 aliphatic carbocycles. The Labute approximate surface area is 85.0 Å². The summed E-state index contributed by atoms with van der Waals surface area (Å²) < 4.78 is 0. The Morgan fingerprint density at radius 3 is 2.36 bits per heavy atom. The van der Waals surface area contributed by atoms with Gasteiger partial charge >= 0.3 is 0 Å². The van der Waals surface area contributed by atoms with Crippen molar-refractivity contribution in [2.24, 2.45) is 5.73 Å². The second-order valence-corrected chi connectivity index (χ2v) is 3.50. The van der Waals surface area contributed by atoms with Crippen LogP contribution in [0.5, 0.6) is 0 Å². The maximum atomic E-state index is 6.13. The molecule has 0 radical (unpaired) electrons. The van der Waals surface area contributed by atoms with Gasteiger partial charge in [0.05, 0.1) is 0 Å². The molecule has 1 heterocycles. The summed E-state index contributed by atoms with van der Waals surface area (Å²) in [6.45, 7) is 4.90. The topological polar surface area (TPSA) is 63.8 Å². The second kappa shape index (κ2) is 4.91. The van der Waals surface area contributed by atoms with E-state index in [9.17, 15) is 0 Å². The predicted octanol–water partition coefficient (Wildman–Crippen LogP) is 1.41. The molecular weight excluding hydrogens is 176 g/mol. The Kier molecular flexibility index (Phi) is 3.83. The van der Waals surface area contributed by atoms with Crippen LogP contribution >= 0.6 is 0 Å². The molecule has 0 atom stereocenters. The minimum absolute atomic E-state index is 0.154. The van der Waals surface area contributed by atoms with Crippen molar-refractivity contribution in [1.82, 2.24) is 9.97 Å². The average Bonchev–Trinajstić information content (AvgIpc) is 2.27. The Balaban J connectivity index is 2.48. The van der Waals surface area contributed by atoms with Gasteiger partial charge in [0.15, 0.2) is 0 Å². The Morgan fingerprint density at radius 2 is 1.86 bits per heavy atom. The van der Waals surface area contributed by atoms with Crippen LogP contribution in [0.2, 0.25) is 0 Å². The van der Waals surface area contributed by atoms with Crippen LogP contribution < -0.4 is 11.1 Å². The molecule has 0 saturated heterocycles. The molecule has 0 spiro atoms. The van der Waals surface area contributed by atoms with Crippen LogP contribution in [0.1, 0.15) is 26.7 Å². The van der Waals surface area contributed by atoms with E-state index in [0.29, 0.717) is 12.5 Å². The van der Waals surface area contributed by atoms with Gasteiger partial charge in [-0.2, -0.15) is 0 Å². The standard InChI is InChI=1S/C10H18N4/c1-3-10(11,4-2)8-14-9-12-6-5-7-13-9/h5-7H,3-4,8,11H2,1-2H3,(H,12,13,14). The fraction of sp³-hybridized carbons (Fsp3) is 0.600. The minimum Gasteiger partial charge on any atom is -0.352 e. The summed E-state index contributed by atoms with van der Waals surface area (Å²) in [6, 6.07) is 1.79. The van der Waals surface area contributed by atoms with Crippen molar-refractivity contribution in [3.05, 3.63) is 18.5 Å². The zero-order valence-corrected chi connectivity index (χ0v) is 8.83. The quantitative estimate of drug-likeness (QED) is 0.743. The molecule has 3 N–H and O–H groups in total. The van der Waals surface area contributed by atoms with Crippen molar-refractivity contribution in [3.63, 3.8) is 0 Å². The molecule has 0 bridgehead atoms. The highest BCUT2D eigenvalue weighted by molar-refractivity contribution is 5.23. The third-order valence-electron chi connectivity index (χ3n) is 2.57. The Bertz CT molecular complexity index is 256. The zero-order valence-electron chi connectivity index (χ0n) is 8.83. The highest BCUT2D eigenvalue weighted by Gasteiger charge is 2.19. The van der Waals surface area contributed by atoms with E-state index >= 15 is 0 Å². The largest absolute Gasteiger partial charge is 0.352 e. The van der Waals surface area contributed by atoms with E-state index in [1.165, 1.54) is 0 Å². The normalized spacial score (nSPS) is 11.4. The van der Waals surface area contributed by atoms with Crippen molar-refractivity contribution in [1.29, 1.82) is 0 Å². The van der Waals surface area contributed by atoms with Gasteiger partial charge in [0.25, 0.3) is 0 Å². The molecule has 4 nitrogen and oxygen atoms in total. The molecule has 0 fully saturated rings. The fourth-order valence-electron chi connectivity index (χ4n) is 1.15. The van der Waals surface area contributed by atoms with Gasteiger partial charge in [-0.05, 0) is 18.9 Å². The van der Waals surface area contributed by atoms with Gasteiger partial charge in [-0.3, -0.25) is 0 Å². The van der Waals surface area contributed by atoms with Gasteiger partial charge in [0.2, 0.25) is 5.95 Å². The summed E-state index contributed by atoms with van der Waals surface area (Å²) in [5.41, 5.74) is 5.97. The third-order valence-corrected chi connectivity index (χ3v) is 2.57. The maximum Gasteiger partial charge on any atom is 0.222 e. The second-order valence-electron chi connectivity index (χ2n) is 3.50. The lowest BCUT2D eigenvalue weighted by molar-refractivity contribution is 0.417. The summed E-state index contributed by atoms with van der Waals surface area (Å²) in [5.74, 6) is 0.643. The van der Waals surface area contributed by atoms with Crippen LogP contribution in [0.3, 0.4) is 0 Å². The molecule has 0 unspecified atom stereocenters. The lowest BCUT2D eigenvalue weighted by Gasteiger charge is -2.26. The van der Waals surface area contributed by atoms with E-state index in [-0.39, 0.29) is 5.54 Å². The number of aromatic nitrogens is 2. The van der Waals surface area contributed by atoms with Gasteiger partial charge in [0.1, 0.15) is 0 Å². The van der Waals surface area contributed by atoms with Crippen molar-refractivity contribution >= 4 is 5.95 Å². The van der Waals surface area contributed by atoms with E-state index < -0.39 is 0 Å². The SMILES string of the molecule is CCC(N)(CC)CNc1ncccn1. The summed E-state index contributed by atoms with van der Waals surface area (Å²) >= 11 is 0. The molecule has 14 heavy (non-hydrogen) atoms. The summed E-state index contributed by atoms with van der Waals surface area (Å²) in [5, 5.41) is 3.14. The van der Waals surface area contributed by atoms with Crippen molar-refractivity contribution < 1.29 is 0 Å². The molecular formula is C10H18N4. The molecule has 1 rings (SSSR count).